The van der Waals surface area contributed by atoms with E-state index in [1.54, 1.807) is 21.6 Å². The molecule has 0 saturated carbocycles. The zero-order chi connectivity index (χ0) is 25.0. The largest absolute Gasteiger partial charge is 0.355 e. The second kappa shape index (κ2) is 27.3. The highest BCUT2D eigenvalue weighted by molar-refractivity contribution is 8.76. The second-order valence-corrected chi connectivity index (χ2v) is 10.1. The van der Waals surface area contributed by atoms with Crippen molar-refractivity contribution in [3.05, 3.63) is 72.9 Å². The highest BCUT2D eigenvalue weighted by Gasteiger charge is 1.99. The van der Waals surface area contributed by atoms with Crippen molar-refractivity contribution in [1.82, 2.24) is 10.6 Å². The lowest BCUT2D eigenvalue weighted by molar-refractivity contribution is -0.121. The zero-order valence-electron chi connectivity index (χ0n) is 21.0. The van der Waals surface area contributed by atoms with Gasteiger partial charge in [0.25, 0.3) is 0 Å². The Hall–Kier alpha value is -1.92. The van der Waals surface area contributed by atoms with Crippen LogP contribution in [0.5, 0.6) is 0 Å². The number of carbonyl (C=O) groups is 2. The molecule has 0 saturated heterocycles. The summed E-state index contributed by atoms with van der Waals surface area (Å²) in [5, 5.41) is 5.70. The van der Waals surface area contributed by atoms with Crippen LogP contribution >= 0.6 is 21.6 Å². The molecular formula is C28H44N2O2S2. The van der Waals surface area contributed by atoms with Gasteiger partial charge in [-0.15, -0.1) is 0 Å². The molecule has 0 radical (unpaired) electrons. The van der Waals surface area contributed by atoms with Gasteiger partial charge in [-0.05, 0) is 44.9 Å². The minimum Gasteiger partial charge on any atom is -0.355 e. The topological polar surface area (TPSA) is 58.2 Å². The summed E-state index contributed by atoms with van der Waals surface area (Å²) >= 11 is 0. The summed E-state index contributed by atoms with van der Waals surface area (Å²) < 4.78 is 0. The quantitative estimate of drug-likeness (QED) is 0.0994. The van der Waals surface area contributed by atoms with Gasteiger partial charge >= 0.3 is 0 Å². The van der Waals surface area contributed by atoms with E-state index in [1.165, 1.54) is 6.92 Å². The summed E-state index contributed by atoms with van der Waals surface area (Å²) in [4.78, 5) is 22.5. The SMILES string of the molecule is CC/C=C\C/C=C\C/C=C\C/C=C\C/C=C\C/C=C\CCC(=O)NCCSSCCNC(C)=O. The van der Waals surface area contributed by atoms with Gasteiger partial charge in [0.05, 0.1) is 0 Å². The minimum absolute atomic E-state index is 0.00442. The van der Waals surface area contributed by atoms with Crippen LogP contribution in [0.4, 0.5) is 0 Å². The van der Waals surface area contributed by atoms with E-state index >= 15 is 0 Å². The van der Waals surface area contributed by atoms with E-state index in [0.29, 0.717) is 19.5 Å². The number of hydrogen-bond donors (Lipinski definition) is 2. The van der Waals surface area contributed by atoms with Crippen molar-refractivity contribution < 1.29 is 9.59 Å². The molecule has 0 atom stereocenters. The predicted octanol–water partition coefficient (Wildman–Crippen LogP) is 7.10. The molecule has 0 aromatic carbocycles. The lowest BCUT2D eigenvalue weighted by Crippen LogP contribution is -2.25. The molecule has 0 aromatic rings. The maximum absolute atomic E-state index is 11.8. The maximum Gasteiger partial charge on any atom is 0.220 e. The number of carbonyl (C=O) groups excluding carboxylic acids is 2. The van der Waals surface area contributed by atoms with Crippen molar-refractivity contribution in [2.75, 3.05) is 24.6 Å². The van der Waals surface area contributed by atoms with Gasteiger partial charge in [0.1, 0.15) is 0 Å². The van der Waals surface area contributed by atoms with Crippen molar-refractivity contribution in [2.45, 2.75) is 65.2 Å². The van der Waals surface area contributed by atoms with Crippen LogP contribution in [0.2, 0.25) is 0 Å². The summed E-state index contributed by atoms with van der Waals surface area (Å²) in [6.45, 7) is 5.04. The first kappa shape index (κ1) is 32.1. The molecule has 0 aliphatic carbocycles. The first-order valence-corrected chi connectivity index (χ1v) is 14.8. The number of hydrogen-bond acceptors (Lipinski definition) is 4. The van der Waals surface area contributed by atoms with Crippen molar-refractivity contribution >= 4 is 33.4 Å². The van der Waals surface area contributed by atoms with Crippen LogP contribution in [-0.2, 0) is 9.59 Å². The lowest BCUT2D eigenvalue weighted by atomic mass is 10.2. The van der Waals surface area contributed by atoms with E-state index in [-0.39, 0.29) is 11.8 Å². The lowest BCUT2D eigenvalue weighted by Gasteiger charge is -2.04. The Bertz CT molecular complexity index is 680. The Balaban J connectivity index is 3.52. The molecule has 0 fully saturated rings. The number of amides is 2. The van der Waals surface area contributed by atoms with Crippen molar-refractivity contribution in [3.8, 4) is 0 Å². The van der Waals surface area contributed by atoms with Gasteiger partial charge in [-0.2, -0.15) is 0 Å². The Labute approximate surface area is 216 Å². The van der Waals surface area contributed by atoms with Gasteiger partial charge < -0.3 is 10.6 Å². The van der Waals surface area contributed by atoms with Crippen molar-refractivity contribution in [3.63, 3.8) is 0 Å². The van der Waals surface area contributed by atoms with Gasteiger partial charge in [-0.1, -0.05) is 101 Å². The average molecular weight is 505 g/mol. The Morgan fingerprint density at radius 3 is 1.47 bits per heavy atom. The highest BCUT2D eigenvalue weighted by Crippen LogP contribution is 2.19. The molecule has 0 spiro atoms. The average Bonchev–Trinajstić information content (AvgIpc) is 2.82. The molecule has 190 valence electrons. The standard InChI is InChI=1S/C28H44N2O2S2/c1-3-4-5-6-7-8-9-10-11-12-13-14-15-16-17-18-19-20-21-22-28(32)30-24-26-34-33-25-23-29-27(2)31/h4-5,7-8,10-11,13-14,16-17,19-20H,3,6,9,12,15,18,21-26H2,1-2H3,(H,29,31)(H,30,32)/b5-4-,8-7-,11-10-,14-13-,17-16-,20-19-. The number of rotatable bonds is 21. The fraction of sp³-hybridized carbons (Fsp3) is 0.500. The molecule has 0 aliphatic heterocycles. The first-order valence-electron chi connectivity index (χ1n) is 12.3. The second-order valence-electron chi connectivity index (χ2n) is 7.43. The summed E-state index contributed by atoms with van der Waals surface area (Å²) in [6, 6.07) is 0. The van der Waals surface area contributed by atoms with Gasteiger partial charge in [-0.25, -0.2) is 0 Å². The third-order valence-electron chi connectivity index (χ3n) is 4.28. The molecular weight excluding hydrogens is 460 g/mol. The van der Waals surface area contributed by atoms with Crippen LogP contribution in [0, 0.1) is 0 Å². The monoisotopic (exact) mass is 504 g/mol. The Morgan fingerprint density at radius 2 is 1.03 bits per heavy atom. The highest BCUT2D eigenvalue weighted by atomic mass is 33.1. The van der Waals surface area contributed by atoms with E-state index in [1.807, 2.05) is 0 Å². The third kappa shape index (κ3) is 28.1. The Morgan fingerprint density at radius 1 is 0.618 bits per heavy atom. The minimum atomic E-state index is 0.00442. The number of nitrogens with one attached hydrogen (secondary N) is 2. The van der Waals surface area contributed by atoms with E-state index in [0.717, 1.165) is 56.5 Å². The molecule has 0 aliphatic rings. The molecule has 0 aromatic heterocycles. The smallest absolute Gasteiger partial charge is 0.220 e. The summed E-state index contributed by atoms with van der Waals surface area (Å²) in [5.74, 6) is 1.85. The zero-order valence-corrected chi connectivity index (χ0v) is 22.7. The summed E-state index contributed by atoms with van der Waals surface area (Å²) in [7, 11) is 3.43. The van der Waals surface area contributed by atoms with Crippen molar-refractivity contribution in [2.24, 2.45) is 0 Å². The van der Waals surface area contributed by atoms with E-state index in [9.17, 15) is 9.59 Å². The van der Waals surface area contributed by atoms with Gasteiger partial charge in [0.2, 0.25) is 11.8 Å². The normalized spacial score (nSPS) is 12.4. The fourth-order valence-electron chi connectivity index (χ4n) is 2.56. The summed E-state index contributed by atoms with van der Waals surface area (Å²) in [5.41, 5.74) is 0. The molecule has 0 rings (SSSR count). The van der Waals surface area contributed by atoms with Crippen LogP contribution in [0.25, 0.3) is 0 Å². The third-order valence-corrected chi connectivity index (χ3v) is 6.69. The molecule has 0 heterocycles. The number of allylic oxidation sites excluding steroid dienone is 12. The molecule has 6 heteroatoms. The molecule has 4 nitrogen and oxygen atoms in total. The van der Waals surface area contributed by atoms with Crippen LogP contribution in [0.1, 0.15) is 65.2 Å². The van der Waals surface area contributed by atoms with Crippen LogP contribution in [0.15, 0.2) is 72.9 Å². The molecule has 34 heavy (non-hydrogen) atoms. The first-order chi connectivity index (χ1) is 16.7. The van der Waals surface area contributed by atoms with E-state index in [2.05, 4.69) is 90.5 Å². The van der Waals surface area contributed by atoms with E-state index in [4.69, 9.17) is 0 Å². The fourth-order valence-corrected chi connectivity index (χ4v) is 4.37. The van der Waals surface area contributed by atoms with E-state index < -0.39 is 0 Å². The molecule has 2 amide bonds. The van der Waals surface area contributed by atoms with Gasteiger partial charge in [0.15, 0.2) is 0 Å². The molecule has 0 unspecified atom stereocenters. The summed E-state index contributed by atoms with van der Waals surface area (Å²) in [6.07, 6.45) is 33.4. The molecule has 2 N–H and O–H groups in total. The van der Waals surface area contributed by atoms with Gasteiger partial charge in [-0.3, -0.25) is 9.59 Å². The van der Waals surface area contributed by atoms with Crippen LogP contribution < -0.4 is 10.6 Å². The maximum atomic E-state index is 11.8. The predicted molar refractivity (Wildman–Crippen MR) is 154 cm³/mol. The Kier molecular flexibility index (Phi) is 25.8. The van der Waals surface area contributed by atoms with Gasteiger partial charge in [0, 0.05) is 37.9 Å². The molecule has 0 bridgehead atoms. The van der Waals surface area contributed by atoms with Crippen LogP contribution in [0.3, 0.4) is 0 Å². The van der Waals surface area contributed by atoms with Crippen LogP contribution in [-0.4, -0.2) is 36.4 Å². The van der Waals surface area contributed by atoms with Crippen molar-refractivity contribution in [1.29, 1.82) is 0 Å².